The lowest BCUT2D eigenvalue weighted by atomic mass is 10.0. The van der Waals surface area contributed by atoms with E-state index < -0.39 is 0 Å². The lowest BCUT2D eigenvalue weighted by Gasteiger charge is -2.26. The number of nitrogens with zero attached hydrogens (tertiary/aromatic N) is 1. The van der Waals surface area contributed by atoms with Crippen LogP contribution in [0.5, 0.6) is 0 Å². The van der Waals surface area contributed by atoms with Gasteiger partial charge in [-0.3, -0.25) is 0 Å². The summed E-state index contributed by atoms with van der Waals surface area (Å²) in [4.78, 5) is 3.56. The van der Waals surface area contributed by atoms with E-state index in [0.717, 1.165) is 0 Å². The minimum atomic E-state index is -0.0182. The zero-order valence-corrected chi connectivity index (χ0v) is 19.1. The Morgan fingerprint density at radius 3 is 2.00 bits per heavy atom. The molecule has 0 aliphatic carbocycles. The number of anilines is 1. The summed E-state index contributed by atoms with van der Waals surface area (Å²) in [7, 11) is 0. The molecule has 4 heteroatoms. The van der Waals surface area contributed by atoms with Gasteiger partial charge in [-0.05, 0) is 73.4 Å². The van der Waals surface area contributed by atoms with E-state index in [2.05, 4.69) is 114 Å². The largest absolute Gasteiger partial charge is 1.00 e. The van der Waals surface area contributed by atoms with E-state index in [-0.39, 0.29) is 23.5 Å². The molecule has 2 rings (SSSR count). The number of hydrogen-bond acceptors (Lipinski definition) is 1. The standard InChI is InChI=1S/C23H35N3.ClH/c1-16(2)26-19(15-24-22(4,5)6)17(3)20(18-13-11-10-12-14-18)21(26)25-23(7,8)9;/h10-16,25H,1-9H3;1H. The maximum Gasteiger partial charge on any atom is 0.186 e. The molecule has 1 aromatic carbocycles. The SMILES string of the molecule is Cc1c(-c2ccccc2)c(NC(C)(C)C)n(C(C)C)c1C=[NH+]C(C)(C)C.[Cl-]. The number of benzene rings is 1. The zero-order valence-electron chi connectivity index (χ0n) is 18.4. The predicted octanol–water partition coefficient (Wildman–Crippen LogP) is 1.56. The van der Waals surface area contributed by atoms with E-state index in [4.69, 9.17) is 0 Å². The first-order chi connectivity index (χ1) is 11.9. The van der Waals surface area contributed by atoms with Gasteiger partial charge in [-0.2, -0.15) is 0 Å². The van der Waals surface area contributed by atoms with Gasteiger partial charge in [0.2, 0.25) is 0 Å². The quantitative estimate of drug-likeness (QED) is 0.764. The summed E-state index contributed by atoms with van der Waals surface area (Å²) in [5.41, 5.74) is 5.09. The van der Waals surface area contributed by atoms with Crippen molar-refractivity contribution in [1.29, 1.82) is 0 Å². The smallest absolute Gasteiger partial charge is 0.186 e. The second-order valence-corrected chi connectivity index (χ2v) is 9.48. The number of hydrogen-bond donors (Lipinski definition) is 2. The Labute approximate surface area is 171 Å². The topological polar surface area (TPSA) is 30.9 Å². The number of halogens is 1. The summed E-state index contributed by atoms with van der Waals surface area (Å²) in [6.45, 7) is 19.9. The van der Waals surface area contributed by atoms with Gasteiger partial charge in [0.05, 0.1) is 0 Å². The third kappa shape index (κ3) is 5.87. The summed E-state index contributed by atoms with van der Waals surface area (Å²) < 4.78 is 2.42. The molecule has 3 nitrogen and oxygen atoms in total. The molecule has 0 saturated heterocycles. The maximum absolute atomic E-state index is 3.77. The maximum atomic E-state index is 3.77. The van der Waals surface area contributed by atoms with Crippen molar-refractivity contribution in [3.63, 3.8) is 0 Å². The fraction of sp³-hybridized carbons (Fsp3) is 0.522. The Bertz CT molecular complexity index is 773. The normalized spacial score (nSPS) is 12.5. The average molecular weight is 390 g/mol. The molecule has 0 amide bonds. The minimum Gasteiger partial charge on any atom is -1.00 e. The third-order valence-electron chi connectivity index (χ3n) is 4.21. The molecular formula is C23H36ClN3. The predicted molar refractivity (Wildman–Crippen MR) is 114 cm³/mol. The molecule has 0 atom stereocenters. The third-order valence-corrected chi connectivity index (χ3v) is 4.21. The molecule has 2 N–H and O–H groups in total. The minimum absolute atomic E-state index is 0. The molecule has 0 aliphatic heterocycles. The van der Waals surface area contributed by atoms with E-state index >= 15 is 0 Å². The molecule has 0 bridgehead atoms. The molecule has 1 heterocycles. The van der Waals surface area contributed by atoms with E-state index in [0.29, 0.717) is 6.04 Å². The average Bonchev–Trinajstić information content (AvgIpc) is 2.75. The van der Waals surface area contributed by atoms with Crippen LogP contribution in [-0.2, 0) is 0 Å². The van der Waals surface area contributed by atoms with Crippen LogP contribution in [0.2, 0.25) is 0 Å². The first-order valence-corrected chi connectivity index (χ1v) is 9.60. The lowest BCUT2D eigenvalue weighted by molar-refractivity contribution is -0.533. The van der Waals surface area contributed by atoms with Gasteiger partial charge in [-0.1, -0.05) is 30.3 Å². The van der Waals surface area contributed by atoms with Gasteiger partial charge >= 0.3 is 0 Å². The van der Waals surface area contributed by atoms with Crippen LogP contribution in [0, 0.1) is 6.92 Å². The van der Waals surface area contributed by atoms with Gasteiger partial charge in [0.1, 0.15) is 11.5 Å². The fourth-order valence-electron chi connectivity index (χ4n) is 3.16. The van der Waals surface area contributed by atoms with Crippen LogP contribution in [0.25, 0.3) is 11.1 Å². The van der Waals surface area contributed by atoms with Crippen LogP contribution in [0.15, 0.2) is 30.3 Å². The second kappa shape index (κ2) is 8.52. The first kappa shape index (κ1) is 23.3. The first-order valence-electron chi connectivity index (χ1n) is 9.60. The summed E-state index contributed by atoms with van der Waals surface area (Å²) in [6.07, 6.45) is 2.18. The van der Waals surface area contributed by atoms with E-state index in [1.807, 2.05) is 0 Å². The van der Waals surface area contributed by atoms with Crippen molar-refractivity contribution in [3.05, 3.63) is 41.6 Å². The molecule has 1 aromatic heterocycles. The van der Waals surface area contributed by atoms with Crippen LogP contribution in [0.4, 0.5) is 5.82 Å². The molecule has 0 aliphatic rings. The fourth-order valence-corrected chi connectivity index (χ4v) is 3.16. The second-order valence-electron chi connectivity index (χ2n) is 9.48. The number of aromatic nitrogens is 1. The monoisotopic (exact) mass is 389 g/mol. The summed E-state index contributed by atoms with van der Waals surface area (Å²) >= 11 is 0. The van der Waals surface area contributed by atoms with Crippen molar-refractivity contribution >= 4 is 12.0 Å². The molecule has 0 saturated carbocycles. The van der Waals surface area contributed by atoms with Gasteiger partial charge in [-0.15, -0.1) is 0 Å². The molecule has 2 aromatic rings. The summed E-state index contributed by atoms with van der Waals surface area (Å²) in [6, 6.07) is 11.0. The Balaban J connectivity index is 0.00000364. The highest BCUT2D eigenvalue weighted by molar-refractivity contribution is 5.89. The van der Waals surface area contributed by atoms with Crippen molar-refractivity contribution in [2.24, 2.45) is 0 Å². The Morgan fingerprint density at radius 1 is 1.00 bits per heavy atom. The molecule has 27 heavy (non-hydrogen) atoms. The molecule has 0 spiro atoms. The molecule has 0 radical (unpaired) electrons. The lowest BCUT2D eigenvalue weighted by Crippen LogP contribution is -3.00. The number of nitrogens with one attached hydrogen (secondary N) is 2. The van der Waals surface area contributed by atoms with Crippen LogP contribution in [-0.4, -0.2) is 21.9 Å². The van der Waals surface area contributed by atoms with Gasteiger partial charge in [0, 0.05) is 17.1 Å². The Kier molecular flexibility index (Phi) is 7.35. The van der Waals surface area contributed by atoms with E-state index in [1.54, 1.807) is 0 Å². The van der Waals surface area contributed by atoms with E-state index in [9.17, 15) is 0 Å². The molecule has 0 fully saturated rings. The van der Waals surface area contributed by atoms with Crippen LogP contribution in [0.1, 0.15) is 72.7 Å². The van der Waals surface area contributed by atoms with Crippen molar-refractivity contribution in [1.82, 2.24) is 4.57 Å². The molecule has 0 unspecified atom stereocenters. The van der Waals surface area contributed by atoms with Gasteiger partial charge in [-0.25, -0.2) is 4.99 Å². The van der Waals surface area contributed by atoms with Gasteiger partial charge < -0.3 is 22.3 Å². The highest BCUT2D eigenvalue weighted by Gasteiger charge is 2.26. The Hall–Kier alpha value is -1.74. The molecular weight excluding hydrogens is 354 g/mol. The van der Waals surface area contributed by atoms with Crippen molar-refractivity contribution in [2.45, 2.75) is 79.4 Å². The van der Waals surface area contributed by atoms with Gasteiger partial charge in [0.25, 0.3) is 0 Å². The highest BCUT2D eigenvalue weighted by atomic mass is 35.5. The molecule has 150 valence electrons. The summed E-state index contributed by atoms with van der Waals surface area (Å²) in [5, 5.41) is 3.77. The summed E-state index contributed by atoms with van der Waals surface area (Å²) in [5.74, 6) is 1.19. The van der Waals surface area contributed by atoms with Crippen molar-refractivity contribution in [2.75, 3.05) is 5.32 Å². The zero-order chi connectivity index (χ0) is 19.7. The van der Waals surface area contributed by atoms with Gasteiger partial charge in [0.15, 0.2) is 11.8 Å². The van der Waals surface area contributed by atoms with Crippen molar-refractivity contribution < 1.29 is 17.4 Å². The highest BCUT2D eigenvalue weighted by Crippen LogP contribution is 2.38. The van der Waals surface area contributed by atoms with Crippen LogP contribution < -0.4 is 22.7 Å². The number of rotatable bonds is 4. The van der Waals surface area contributed by atoms with E-state index in [1.165, 1.54) is 28.2 Å². The van der Waals surface area contributed by atoms with Crippen LogP contribution >= 0.6 is 0 Å². The Morgan fingerprint density at radius 2 is 1.56 bits per heavy atom. The van der Waals surface area contributed by atoms with Crippen molar-refractivity contribution in [3.8, 4) is 11.1 Å². The van der Waals surface area contributed by atoms with Crippen LogP contribution in [0.3, 0.4) is 0 Å².